The molecule has 0 aliphatic carbocycles. The molecule has 0 atom stereocenters. The van der Waals surface area contributed by atoms with Gasteiger partial charge in [-0.1, -0.05) is 29.3 Å². The molecule has 17 heavy (non-hydrogen) atoms. The van der Waals surface area contributed by atoms with E-state index in [1.54, 1.807) is 12.1 Å². The van der Waals surface area contributed by atoms with Crippen LogP contribution in [0.15, 0.2) is 24.4 Å². The van der Waals surface area contributed by atoms with Crippen molar-refractivity contribution in [1.29, 1.82) is 0 Å². The van der Waals surface area contributed by atoms with E-state index in [-0.39, 0.29) is 16.6 Å². The summed E-state index contributed by atoms with van der Waals surface area (Å²) in [7, 11) is 0. The van der Waals surface area contributed by atoms with Gasteiger partial charge in [0.25, 0.3) is 5.91 Å². The summed E-state index contributed by atoms with van der Waals surface area (Å²) in [6.07, 6.45) is 1.37. The molecule has 1 heterocycles. The highest BCUT2D eigenvalue weighted by atomic mass is 35.5. The van der Waals surface area contributed by atoms with Gasteiger partial charge in [-0.3, -0.25) is 9.89 Å². The summed E-state index contributed by atoms with van der Waals surface area (Å²) < 4.78 is 0. The van der Waals surface area contributed by atoms with Gasteiger partial charge >= 0.3 is 0 Å². The number of nitrogens with zero attached hydrogens (tertiary/aromatic N) is 1. The molecule has 4 nitrogen and oxygen atoms in total. The molecule has 0 radical (unpaired) electrons. The van der Waals surface area contributed by atoms with E-state index in [0.717, 1.165) is 5.56 Å². The standard InChI is InChI=1S/C11H9Cl2N3O/c1-6-2-3-7(4-8(6)12)15-11(17)10-9(13)5-14-16-10/h2-5H,1H3,(H,14,16)(H,15,17). The van der Waals surface area contributed by atoms with Gasteiger partial charge in [0.2, 0.25) is 0 Å². The van der Waals surface area contributed by atoms with E-state index in [2.05, 4.69) is 15.5 Å². The second-order valence-electron chi connectivity index (χ2n) is 3.51. The van der Waals surface area contributed by atoms with Gasteiger partial charge in [0.05, 0.1) is 11.2 Å². The lowest BCUT2D eigenvalue weighted by atomic mass is 10.2. The fraction of sp³-hybridized carbons (Fsp3) is 0.0909. The van der Waals surface area contributed by atoms with Crippen LogP contribution in [0.25, 0.3) is 0 Å². The monoisotopic (exact) mass is 269 g/mol. The number of halogens is 2. The van der Waals surface area contributed by atoms with Gasteiger partial charge in [-0.05, 0) is 24.6 Å². The third-order valence-corrected chi connectivity index (χ3v) is 2.94. The molecule has 1 amide bonds. The summed E-state index contributed by atoms with van der Waals surface area (Å²) in [6, 6.07) is 5.27. The van der Waals surface area contributed by atoms with Crippen molar-refractivity contribution in [3.8, 4) is 0 Å². The molecular formula is C11H9Cl2N3O. The Morgan fingerprint density at radius 2 is 2.12 bits per heavy atom. The first kappa shape index (κ1) is 12.0. The number of nitrogens with one attached hydrogen (secondary N) is 2. The van der Waals surface area contributed by atoms with Crippen LogP contribution in [-0.4, -0.2) is 16.1 Å². The number of hydrogen-bond acceptors (Lipinski definition) is 2. The predicted octanol–water partition coefficient (Wildman–Crippen LogP) is 3.28. The third-order valence-electron chi connectivity index (χ3n) is 2.25. The van der Waals surface area contributed by atoms with Crippen LogP contribution >= 0.6 is 23.2 Å². The van der Waals surface area contributed by atoms with Crippen molar-refractivity contribution >= 4 is 34.8 Å². The Labute approximate surface area is 108 Å². The Kier molecular flexibility index (Phi) is 3.36. The van der Waals surface area contributed by atoms with E-state index >= 15 is 0 Å². The van der Waals surface area contributed by atoms with Gasteiger partial charge in [0.1, 0.15) is 5.69 Å². The largest absolute Gasteiger partial charge is 0.321 e. The molecule has 0 unspecified atom stereocenters. The summed E-state index contributed by atoms with van der Waals surface area (Å²) in [5.41, 5.74) is 1.78. The summed E-state index contributed by atoms with van der Waals surface area (Å²) >= 11 is 11.7. The van der Waals surface area contributed by atoms with Gasteiger partial charge in [-0.25, -0.2) is 0 Å². The zero-order valence-corrected chi connectivity index (χ0v) is 10.4. The van der Waals surface area contributed by atoms with E-state index in [4.69, 9.17) is 23.2 Å². The quantitative estimate of drug-likeness (QED) is 0.879. The van der Waals surface area contributed by atoms with Crippen LogP contribution in [0.2, 0.25) is 10.0 Å². The van der Waals surface area contributed by atoms with Gasteiger partial charge in [0, 0.05) is 10.7 Å². The highest BCUT2D eigenvalue weighted by Gasteiger charge is 2.12. The molecule has 0 aliphatic rings. The number of carbonyl (C=O) groups excluding carboxylic acids is 1. The Morgan fingerprint density at radius 3 is 2.71 bits per heavy atom. The lowest BCUT2D eigenvalue weighted by Crippen LogP contribution is -2.12. The van der Waals surface area contributed by atoms with E-state index in [1.807, 2.05) is 13.0 Å². The molecule has 2 N–H and O–H groups in total. The second-order valence-corrected chi connectivity index (χ2v) is 4.33. The molecule has 0 aliphatic heterocycles. The van der Waals surface area contributed by atoms with Crippen LogP contribution in [-0.2, 0) is 0 Å². The van der Waals surface area contributed by atoms with Gasteiger partial charge in [0.15, 0.2) is 0 Å². The summed E-state index contributed by atoms with van der Waals surface area (Å²) in [5, 5.41) is 9.75. The van der Waals surface area contributed by atoms with Crippen molar-refractivity contribution in [2.75, 3.05) is 5.32 Å². The Hall–Kier alpha value is -1.52. The van der Waals surface area contributed by atoms with Gasteiger partial charge in [-0.15, -0.1) is 0 Å². The SMILES string of the molecule is Cc1ccc(NC(=O)c2[nH]ncc2Cl)cc1Cl. The lowest BCUT2D eigenvalue weighted by Gasteiger charge is -2.05. The van der Waals surface area contributed by atoms with E-state index in [1.165, 1.54) is 6.20 Å². The number of rotatable bonds is 2. The smallest absolute Gasteiger partial charge is 0.275 e. The zero-order chi connectivity index (χ0) is 12.4. The molecule has 0 spiro atoms. The second kappa shape index (κ2) is 4.77. The number of aromatic amines is 1. The van der Waals surface area contributed by atoms with Crippen LogP contribution in [0.4, 0.5) is 5.69 Å². The van der Waals surface area contributed by atoms with E-state index < -0.39 is 0 Å². The molecule has 2 rings (SSSR count). The van der Waals surface area contributed by atoms with Gasteiger partial charge in [-0.2, -0.15) is 5.10 Å². The fourth-order valence-electron chi connectivity index (χ4n) is 1.29. The minimum Gasteiger partial charge on any atom is -0.321 e. The summed E-state index contributed by atoms with van der Waals surface area (Å²) in [6.45, 7) is 1.89. The maximum Gasteiger partial charge on any atom is 0.275 e. The first-order valence-electron chi connectivity index (χ1n) is 4.84. The highest BCUT2D eigenvalue weighted by Crippen LogP contribution is 2.21. The molecule has 0 bridgehead atoms. The molecule has 6 heteroatoms. The molecule has 88 valence electrons. The highest BCUT2D eigenvalue weighted by molar-refractivity contribution is 6.34. The zero-order valence-electron chi connectivity index (χ0n) is 8.92. The number of amides is 1. The maximum atomic E-state index is 11.8. The molecular weight excluding hydrogens is 261 g/mol. The number of H-pyrrole nitrogens is 1. The average Bonchev–Trinajstić information content (AvgIpc) is 2.70. The number of benzene rings is 1. The number of anilines is 1. The summed E-state index contributed by atoms with van der Waals surface area (Å²) in [4.78, 5) is 11.8. The van der Waals surface area contributed by atoms with Gasteiger partial charge < -0.3 is 5.32 Å². The Morgan fingerprint density at radius 1 is 1.35 bits per heavy atom. The fourth-order valence-corrected chi connectivity index (χ4v) is 1.65. The van der Waals surface area contributed by atoms with Crippen molar-refractivity contribution in [2.24, 2.45) is 0 Å². The molecule has 1 aromatic carbocycles. The number of carbonyl (C=O) groups is 1. The van der Waals surface area contributed by atoms with Crippen LogP contribution in [0.5, 0.6) is 0 Å². The minimum absolute atomic E-state index is 0.225. The van der Waals surface area contributed by atoms with Crippen molar-refractivity contribution in [3.63, 3.8) is 0 Å². The molecule has 2 aromatic rings. The maximum absolute atomic E-state index is 11.8. The van der Waals surface area contributed by atoms with Crippen molar-refractivity contribution in [3.05, 3.63) is 45.7 Å². The molecule has 0 saturated carbocycles. The van der Waals surface area contributed by atoms with Crippen LogP contribution in [0, 0.1) is 6.92 Å². The first-order valence-corrected chi connectivity index (χ1v) is 5.60. The van der Waals surface area contributed by atoms with Crippen LogP contribution < -0.4 is 5.32 Å². The van der Waals surface area contributed by atoms with E-state index in [0.29, 0.717) is 10.7 Å². The third kappa shape index (κ3) is 2.60. The lowest BCUT2D eigenvalue weighted by molar-refractivity contribution is 0.102. The Balaban J connectivity index is 2.19. The predicted molar refractivity (Wildman–Crippen MR) is 67.7 cm³/mol. The Bertz CT molecular complexity index is 566. The first-order chi connectivity index (χ1) is 8.08. The molecule has 0 saturated heterocycles. The molecule has 1 aromatic heterocycles. The minimum atomic E-state index is -0.354. The van der Waals surface area contributed by atoms with Crippen molar-refractivity contribution in [2.45, 2.75) is 6.92 Å². The summed E-state index contributed by atoms with van der Waals surface area (Å²) in [5.74, 6) is -0.354. The van der Waals surface area contributed by atoms with Crippen molar-refractivity contribution < 1.29 is 4.79 Å². The van der Waals surface area contributed by atoms with Crippen molar-refractivity contribution in [1.82, 2.24) is 10.2 Å². The number of aromatic nitrogens is 2. The molecule has 0 fully saturated rings. The average molecular weight is 270 g/mol. The van der Waals surface area contributed by atoms with Crippen LogP contribution in [0.1, 0.15) is 16.1 Å². The number of hydrogen-bond donors (Lipinski definition) is 2. The number of aryl methyl sites for hydroxylation is 1. The van der Waals surface area contributed by atoms with Crippen LogP contribution in [0.3, 0.4) is 0 Å². The van der Waals surface area contributed by atoms with E-state index in [9.17, 15) is 4.79 Å². The normalized spacial score (nSPS) is 10.3. The topological polar surface area (TPSA) is 57.8 Å².